The number of nitrogens with one attached hydrogen (secondary N) is 1. The summed E-state index contributed by atoms with van der Waals surface area (Å²) in [7, 11) is 1.66. The monoisotopic (exact) mass is 299 g/mol. The average Bonchev–Trinajstić information content (AvgIpc) is 2.80. The van der Waals surface area contributed by atoms with E-state index in [2.05, 4.69) is 30.5 Å². The molecule has 1 heterocycles. The highest BCUT2D eigenvalue weighted by Gasteiger charge is 2.05. The molecule has 1 rings (SSSR count). The highest BCUT2D eigenvalue weighted by atomic mass is 16.5. The van der Waals surface area contributed by atoms with Gasteiger partial charge in [-0.2, -0.15) is 5.10 Å². The first-order chi connectivity index (χ1) is 10.1. The number of rotatable bonds is 12. The van der Waals surface area contributed by atoms with Crippen LogP contribution in [0.25, 0.3) is 0 Å². The van der Waals surface area contributed by atoms with Crippen molar-refractivity contribution in [2.75, 3.05) is 40.1 Å². The van der Waals surface area contributed by atoms with Crippen molar-refractivity contribution >= 4 is 0 Å². The first-order valence-electron chi connectivity index (χ1n) is 7.54. The molecule has 1 aromatic heterocycles. The van der Waals surface area contributed by atoms with Crippen LogP contribution in [0.1, 0.15) is 25.1 Å². The number of hydrogen-bond acceptors (Lipinski definition) is 5. The van der Waals surface area contributed by atoms with Crippen LogP contribution in [0, 0.1) is 6.92 Å². The molecule has 0 saturated heterocycles. The fourth-order valence-electron chi connectivity index (χ4n) is 1.78. The summed E-state index contributed by atoms with van der Waals surface area (Å²) in [6.07, 6.45) is 2.09. The third-order valence-corrected chi connectivity index (χ3v) is 3.02. The zero-order valence-corrected chi connectivity index (χ0v) is 13.7. The molecule has 0 unspecified atom stereocenters. The average molecular weight is 299 g/mol. The van der Waals surface area contributed by atoms with Crippen molar-refractivity contribution in [1.29, 1.82) is 0 Å². The summed E-state index contributed by atoms with van der Waals surface area (Å²) in [5.74, 6) is 0. The summed E-state index contributed by atoms with van der Waals surface area (Å²) in [4.78, 5) is 0. The Hall–Kier alpha value is -0.950. The minimum absolute atomic E-state index is 0.481. The van der Waals surface area contributed by atoms with Crippen LogP contribution in [0.15, 0.2) is 6.20 Å². The number of nitrogens with zero attached hydrogens (tertiary/aromatic N) is 2. The fourth-order valence-corrected chi connectivity index (χ4v) is 1.78. The normalized spacial score (nSPS) is 11.5. The summed E-state index contributed by atoms with van der Waals surface area (Å²) in [5.41, 5.74) is 2.32. The summed E-state index contributed by atoms with van der Waals surface area (Å²) in [6, 6.07) is 0.481. The molecule has 0 aliphatic heterocycles. The molecule has 0 aromatic carbocycles. The summed E-state index contributed by atoms with van der Waals surface area (Å²) in [6.45, 7) is 11.0. The Morgan fingerprint density at radius 1 is 1.14 bits per heavy atom. The van der Waals surface area contributed by atoms with E-state index in [1.807, 2.05) is 11.6 Å². The van der Waals surface area contributed by atoms with Crippen LogP contribution in [0.5, 0.6) is 0 Å². The Morgan fingerprint density at radius 2 is 1.81 bits per heavy atom. The molecular weight excluding hydrogens is 270 g/mol. The van der Waals surface area contributed by atoms with Crippen LogP contribution in [-0.2, 0) is 27.3 Å². The van der Waals surface area contributed by atoms with Gasteiger partial charge < -0.3 is 19.5 Å². The van der Waals surface area contributed by atoms with Gasteiger partial charge in [0, 0.05) is 31.5 Å². The van der Waals surface area contributed by atoms with Crippen LogP contribution in [0.3, 0.4) is 0 Å². The molecule has 0 aliphatic rings. The van der Waals surface area contributed by atoms with Gasteiger partial charge in [-0.05, 0) is 6.92 Å². The van der Waals surface area contributed by atoms with Gasteiger partial charge in [0.2, 0.25) is 0 Å². The predicted octanol–water partition coefficient (Wildman–Crippen LogP) is 1.37. The Morgan fingerprint density at radius 3 is 2.48 bits per heavy atom. The summed E-state index contributed by atoms with van der Waals surface area (Å²) in [5, 5.41) is 7.90. The Balaban J connectivity index is 2.13. The van der Waals surface area contributed by atoms with E-state index in [1.165, 1.54) is 5.56 Å². The summed E-state index contributed by atoms with van der Waals surface area (Å²) >= 11 is 0. The van der Waals surface area contributed by atoms with Gasteiger partial charge in [0.1, 0.15) is 0 Å². The predicted molar refractivity (Wildman–Crippen MR) is 82.5 cm³/mol. The van der Waals surface area contributed by atoms with Crippen LogP contribution >= 0.6 is 0 Å². The fraction of sp³-hybridized carbons (Fsp3) is 0.800. The maximum absolute atomic E-state index is 5.52. The van der Waals surface area contributed by atoms with Crippen molar-refractivity contribution < 1.29 is 14.2 Å². The van der Waals surface area contributed by atoms with Crippen molar-refractivity contribution in [2.24, 2.45) is 0 Å². The van der Waals surface area contributed by atoms with Crippen LogP contribution in [0.4, 0.5) is 0 Å². The Kier molecular flexibility index (Phi) is 9.25. The third-order valence-electron chi connectivity index (χ3n) is 3.02. The third kappa shape index (κ3) is 8.16. The van der Waals surface area contributed by atoms with Gasteiger partial charge >= 0.3 is 0 Å². The second-order valence-corrected chi connectivity index (χ2v) is 5.26. The van der Waals surface area contributed by atoms with Crippen molar-refractivity contribution in [1.82, 2.24) is 15.1 Å². The van der Waals surface area contributed by atoms with Gasteiger partial charge in [-0.3, -0.25) is 4.68 Å². The number of methoxy groups -OCH3 is 1. The molecule has 6 heteroatoms. The van der Waals surface area contributed by atoms with Gasteiger partial charge in [0.25, 0.3) is 0 Å². The SMILES string of the molecule is COCCOCCOCCn1cc(CNC(C)C)c(C)n1. The second kappa shape index (κ2) is 10.7. The minimum atomic E-state index is 0.481. The van der Waals surface area contributed by atoms with E-state index in [4.69, 9.17) is 14.2 Å². The molecule has 0 bridgehead atoms. The van der Waals surface area contributed by atoms with E-state index in [9.17, 15) is 0 Å². The van der Waals surface area contributed by atoms with E-state index in [1.54, 1.807) is 7.11 Å². The lowest BCUT2D eigenvalue weighted by Crippen LogP contribution is -2.21. The molecule has 0 aliphatic carbocycles. The Labute approximate surface area is 127 Å². The first kappa shape index (κ1) is 18.1. The molecule has 1 aromatic rings. The van der Waals surface area contributed by atoms with Gasteiger partial charge in [0.05, 0.1) is 45.3 Å². The minimum Gasteiger partial charge on any atom is -0.382 e. The zero-order valence-electron chi connectivity index (χ0n) is 13.7. The van der Waals surface area contributed by atoms with E-state index in [0.29, 0.717) is 39.1 Å². The van der Waals surface area contributed by atoms with E-state index in [0.717, 1.165) is 18.8 Å². The maximum Gasteiger partial charge on any atom is 0.0701 e. The van der Waals surface area contributed by atoms with Crippen LogP contribution in [0.2, 0.25) is 0 Å². The van der Waals surface area contributed by atoms with E-state index >= 15 is 0 Å². The van der Waals surface area contributed by atoms with Crippen molar-refractivity contribution in [3.63, 3.8) is 0 Å². The lowest BCUT2D eigenvalue weighted by Gasteiger charge is -2.06. The molecule has 1 N–H and O–H groups in total. The van der Waals surface area contributed by atoms with Gasteiger partial charge in [-0.15, -0.1) is 0 Å². The van der Waals surface area contributed by atoms with Crippen molar-refractivity contribution in [3.05, 3.63) is 17.5 Å². The molecule has 21 heavy (non-hydrogen) atoms. The number of hydrogen-bond donors (Lipinski definition) is 1. The lowest BCUT2D eigenvalue weighted by atomic mass is 10.2. The molecule has 6 nitrogen and oxygen atoms in total. The summed E-state index contributed by atoms with van der Waals surface area (Å²) < 4.78 is 17.7. The number of ether oxygens (including phenoxy) is 3. The molecule has 0 spiro atoms. The smallest absolute Gasteiger partial charge is 0.0701 e. The van der Waals surface area contributed by atoms with E-state index < -0.39 is 0 Å². The van der Waals surface area contributed by atoms with Gasteiger partial charge in [-0.25, -0.2) is 0 Å². The quantitative estimate of drug-likeness (QED) is 0.591. The largest absolute Gasteiger partial charge is 0.382 e. The number of aromatic nitrogens is 2. The van der Waals surface area contributed by atoms with Crippen molar-refractivity contribution in [3.8, 4) is 0 Å². The molecule has 0 amide bonds. The molecular formula is C15H29N3O3. The topological polar surface area (TPSA) is 57.5 Å². The number of aryl methyl sites for hydroxylation is 1. The Bertz CT molecular complexity index is 380. The molecule has 0 saturated carbocycles. The highest BCUT2D eigenvalue weighted by molar-refractivity contribution is 5.15. The molecule has 0 radical (unpaired) electrons. The molecule has 122 valence electrons. The highest BCUT2D eigenvalue weighted by Crippen LogP contribution is 2.05. The van der Waals surface area contributed by atoms with Crippen molar-refractivity contribution in [2.45, 2.75) is 39.9 Å². The van der Waals surface area contributed by atoms with Gasteiger partial charge in [0.15, 0.2) is 0 Å². The van der Waals surface area contributed by atoms with E-state index in [-0.39, 0.29) is 0 Å². The van der Waals surface area contributed by atoms with Crippen LogP contribution in [-0.4, -0.2) is 56.0 Å². The lowest BCUT2D eigenvalue weighted by molar-refractivity contribution is 0.0225. The molecule has 0 fully saturated rings. The van der Waals surface area contributed by atoms with Gasteiger partial charge in [-0.1, -0.05) is 13.8 Å². The maximum atomic E-state index is 5.52. The first-order valence-corrected chi connectivity index (χ1v) is 7.54. The zero-order chi connectivity index (χ0) is 15.5. The molecule has 0 atom stereocenters. The second-order valence-electron chi connectivity index (χ2n) is 5.26. The standard InChI is InChI=1S/C15H29N3O3/c1-13(2)16-11-15-12-18(17-14(15)3)5-6-20-9-10-21-8-7-19-4/h12-13,16H,5-11H2,1-4H3. The van der Waals surface area contributed by atoms with Crippen LogP contribution < -0.4 is 5.32 Å².